The zero-order valence-corrected chi connectivity index (χ0v) is 18.7. The number of sulfonamides is 1. The number of benzene rings is 2. The lowest BCUT2D eigenvalue weighted by Gasteiger charge is -2.33. The molecule has 1 aliphatic heterocycles. The summed E-state index contributed by atoms with van der Waals surface area (Å²) in [6, 6.07) is 11.5. The predicted molar refractivity (Wildman–Crippen MR) is 115 cm³/mol. The third kappa shape index (κ3) is 4.49. The van der Waals surface area contributed by atoms with Crippen molar-refractivity contribution in [3.8, 4) is 11.5 Å². The third-order valence-corrected chi connectivity index (χ3v) is 7.72. The van der Waals surface area contributed by atoms with Gasteiger partial charge in [0.1, 0.15) is 4.90 Å². The molecule has 2 aromatic carbocycles. The van der Waals surface area contributed by atoms with Crippen LogP contribution >= 0.6 is 34.8 Å². The van der Waals surface area contributed by atoms with Crippen molar-refractivity contribution >= 4 is 44.8 Å². The van der Waals surface area contributed by atoms with Gasteiger partial charge in [-0.1, -0.05) is 46.9 Å². The Kier molecular flexibility index (Phi) is 6.34. The predicted octanol–water partition coefficient (Wildman–Crippen LogP) is 4.20. The Morgan fingerprint density at radius 2 is 1.67 bits per heavy atom. The van der Waals surface area contributed by atoms with Crippen LogP contribution in [-0.4, -0.2) is 54.0 Å². The minimum Gasteiger partial charge on any atom is -0.419 e. The summed E-state index contributed by atoms with van der Waals surface area (Å²) in [7, 11) is -3.63. The van der Waals surface area contributed by atoms with Gasteiger partial charge in [-0.15, -0.1) is 10.2 Å². The normalized spacial score (nSPS) is 16.1. The first-order valence-electron chi connectivity index (χ1n) is 9.09. The van der Waals surface area contributed by atoms with Crippen molar-refractivity contribution < 1.29 is 12.8 Å². The van der Waals surface area contributed by atoms with Crippen LogP contribution in [0.25, 0.3) is 11.5 Å². The van der Waals surface area contributed by atoms with E-state index in [1.807, 2.05) is 0 Å². The number of halogens is 3. The number of hydrogen-bond donors (Lipinski definition) is 0. The summed E-state index contributed by atoms with van der Waals surface area (Å²) in [4.78, 5) is 2.18. The Morgan fingerprint density at radius 1 is 0.933 bits per heavy atom. The van der Waals surface area contributed by atoms with Gasteiger partial charge in [-0.25, -0.2) is 8.42 Å². The lowest BCUT2D eigenvalue weighted by molar-refractivity contribution is 0.168. The number of piperazine rings is 1. The molecule has 2 heterocycles. The molecule has 1 aliphatic rings. The Bertz CT molecular complexity index is 1160. The highest BCUT2D eigenvalue weighted by Crippen LogP contribution is 2.30. The fourth-order valence-corrected chi connectivity index (χ4v) is 5.61. The largest absolute Gasteiger partial charge is 0.419 e. The summed E-state index contributed by atoms with van der Waals surface area (Å²) >= 11 is 18.2. The molecule has 0 radical (unpaired) electrons. The maximum atomic E-state index is 12.8. The van der Waals surface area contributed by atoms with Crippen molar-refractivity contribution in [2.24, 2.45) is 0 Å². The molecule has 11 heteroatoms. The van der Waals surface area contributed by atoms with Crippen LogP contribution in [0.3, 0.4) is 0 Å². The summed E-state index contributed by atoms with van der Waals surface area (Å²) < 4.78 is 32.9. The van der Waals surface area contributed by atoms with Crippen LogP contribution < -0.4 is 0 Å². The van der Waals surface area contributed by atoms with Crippen molar-refractivity contribution in [1.29, 1.82) is 0 Å². The van der Waals surface area contributed by atoms with E-state index in [0.29, 0.717) is 60.1 Å². The molecule has 1 aromatic heterocycles. The van der Waals surface area contributed by atoms with E-state index < -0.39 is 10.0 Å². The summed E-state index contributed by atoms with van der Waals surface area (Å²) in [5, 5.41) is 9.30. The van der Waals surface area contributed by atoms with E-state index in [1.54, 1.807) is 36.4 Å². The average Bonchev–Trinajstić information content (AvgIpc) is 3.16. The van der Waals surface area contributed by atoms with Gasteiger partial charge < -0.3 is 4.42 Å². The van der Waals surface area contributed by atoms with Crippen LogP contribution in [0.5, 0.6) is 0 Å². The van der Waals surface area contributed by atoms with Crippen molar-refractivity contribution in [3.63, 3.8) is 0 Å². The molecule has 1 saturated heterocycles. The van der Waals surface area contributed by atoms with Crippen LogP contribution in [0.2, 0.25) is 15.1 Å². The zero-order valence-electron chi connectivity index (χ0n) is 15.6. The van der Waals surface area contributed by atoms with Gasteiger partial charge in [0.2, 0.25) is 21.8 Å². The standard InChI is InChI=1S/C19H17Cl3N4O3S/c20-13-5-6-14(16(22)11-13)19-24-23-18(29-19)12-25-7-9-26(10-8-25)30(27,28)17-4-2-1-3-15(17)21/h1-6,11H,7-10,12H2. The molecule has 7 nitrogen and oxygen atoms in total. The number of nitrogens with zero attached hydrogens (tertiary/aromatic N) is 4. The first-order valence-corrected chi connectivity index (χ1v) is 11.7. The van der Waals surface area contributed by atoms with Gasteiger partial charge in [-0.05, 0) is 30.3 Å². The minimum absolute atomic E-state index is 0.126. The van der Waals surface area contributed by atoms with E-state index in [0.717, 1.165) is 0 Å². The van der Waals surface area contributed by atoms with Crippen LogP contribution in [-0.2, 0) is 16.6 Å². The minimum atomic E-state index is -3.63. The zero-order chi connectivity index (χ0) is 21.3. The highest BCUT2D eigenvalue weighted by atomic mass is 35.5. The summed E-state index contributed by atoms with van der Waals surface area (Å²) in [6.45, 7) is 2.17. The highest BCUT2D eigenvalue weighted by molar-refractivity contribution is 7.89. The topological polar surface area (TPSA) is 79.5 Å². The van der Waals surface area contributed by atoms with Crippen molar-refractivity contribution in [2.45, 2.75) is 11.4 Å². The van der Waals surface area contributed by atoms with Gasteiger partial charge >= 0.3 is 0 Å². The summed E-state index contributed by atoms with van der Waals surface area (Å²) in [5.41, 5.74) is 0.607. The van der Waals surface area contributed by atoms with E-state index in [2.05, 4.69) is 15.1 Å². The number of aromatic nitrogens is 2. The maximum absolute atomic E-state index is 12.8. The van der Waals surface area contributed by atoms with E-state index in [4.69, 9.17) is 39.2 Å². The fourth-order valence-electron chi connectivity index (χ4n) is 3.20. The van der Waals surface area contributed by atoms with Crippen LogP contribution in [0.15, 0.2) is 51.8 Å². The second-order valence-electron chi connectivity index (χ2n) is 6.74. The molecular weight excluding hydrogens is 471 g/mol. The highest BCUT2D eigenvalue weighted by Gasteiger charge is 2.30. The van der Waals surface area contributed by atoms with E-state index in [9.17, 15) is 8.42 Å². The molecule has 0 aliphatic carbocycles. The fraction of sp³-hybridized carbons (Fsp3) is 0.263. The van der Waals surface area contributed by atoms with Crippen molar-refractivity contribution in [1.82, 2.24) is 19.4 Å². The average molecular weight is 488 g/mol. The molecular formula is C19H17Cl3N4O3S. The quantitative estimate of drug-likeness (QED) is 0.536. The molecule has 0 atom stereocenters. The van der Waals surface area contributed by atoms with E-state index >= 15 is 0 Å². The second-order valence-corrected chi connectivity index (χ2v) is 9.89. The molecule has 0 bridgehead atoms. The van der Waals surface area contributed by atoms with Gasteiger partial charge in [0.25, 0.3) is 0 Å². The first-order chi connectivity index (χ1) is 14.3. The molecule has 0 spiro atoms. The third-order valence-electron chi connectivity index (χ3n) is 4.77. The Labute approximate surface area is 189 Å². The lowest BCUT2D eigenvalue weighted by atomic mass is 10.2. The van der Waals surface area contributed by atoms with Crippen molar-refractivity contribution in [2.75, 3.05) is 26.2 Å². The van der Waals surface area contributed by atoms with Gasteiger partial charge in [0.15, 0.2) is 0 Å². The molecule has 1 fully saturated rings. The Morgan fingerprint density at radius 3 is 2.37 bits per heavy atom. The van der Waals surface area contributed by atoms with E-state index in [1.165, 1.54) is 10.4 Å². The van der Waals surface area contributed by atoms with Crippen LogP contribution in [0.1, 0.15) is 5.89 Å². The molecule has 0 amide bonds. The first kappa shape index (κ1) is 21.5. The van der Waals surface area contributed by atoms with Crippen LogP contribution in [0.4, 0.5) is 0 Å². The lowest BCUT2D eigenvalue weighted by Crippen LogP contribution is -2.48. The molecule has 0 unspecified atom stereocenters. The monoisotopic (exact) mass is 486 g/mol. The molecule has 4 rings (SSSR count). The van der Waals surface area contributed by atoms with E-state index in [-0.39, 0.29) is 9.92 Å². The second kappa shape index (κ2) is 8.82. The van der Waals surface area contributed by atoms with Gasteiger partial charge in [0.05, 0.1) is 22.2 Å². The molecule has 0 saturated carbocycles. The van der Waals surface area contributed by atoms with Gasteiger partial charge in [-0.2, -0.15) is 4.31 Å². The van der Waals surface area contributed by atoms with Crippen LogP contribution in [0, 0.1) is 0 Å². The molecule has 3 aromatic rings. The SMILES string of the molecule is O=S(=O)(c1ccccc1Cl)N1CCN(Cc2nnc(-c3ccc(Cl)cc3Cl)o2)CC1. The van der Waals surface area contributed by atoms with Gasteiger partial charge in [-0.3, -0.25) is 4.90 Å². The van der Waals surface area contributed by atoms with Gasteiger partial charge in [0, 0.05) is 31.2 Å². The van der Waals surface area contributed by atoms with Crippen molar-refractivity contribution in [3.05, 3.63) is 63.4 Å². The Balaban J connectivity index is 1.40. The molecule has 158 valence electrons. The summed E-state index contributed by atoms with van der Waals surface area (Å²) in [5.74, 6) is 0.741. The summed E-state index contributed by atoms with van der Waals surface area (Å²) in [6.07, 6.45) is 0. The number of hydrogen-bond acceptors (Lipinski definition) is 6. The molecule has 30 heavy (non-hydrogen) atoms. The maximum Gasteiger partial charge on any atom is 0.249 e. The smallest absolute Gasteiger partial charge is 0.249 e. The Hall–Kier alpha value is -1.68. The molecule has 0 N–H and O–H groups in total. The number of rotatable bonds is 5.